The Hall–Kier alpha value is -4.79. The minimum atomic E-state index is -4.55. The van der Waals surface area contributed by atoms with Gasteiger partial charge in [0.2, 0.25) is 0 Å². The molecular formula is C29H28BrF3N4O7. The van der Waals surface area contributed by atoms with E-state index < -0.39 is 36.1 Å². The number of rotatable bonds is 12. The van der Waals surface area contributed by atoms with Crippen LogP contribution in [0.4, 0.5) is 18.9 Å². The fraction of sp³-hybridized carbons (Fsp3) is 0.241. The third-order valence-electron chi connectivity index (χ3n) is 5.81. The Morgan fingerprint density at radius 1 is 0.909 bits per heavy atom. The second-order valence-corrected chi connectivity index (χ2v) is 9.70. The SMILES string of the molecule is COc1ccc(CCNC(=O)C(=O)N/N=C\c2cc(Br)c(OCC(=O)Nc3cccc(C(F)(F)F)c3)c(OC)c2)cc1OC. The molecule has 0 heterocycles. The van der Waals surface area contributed by atoms with Gasteiger partial charge in [0.1, 0.15) is 0 Å². The van der Waals surface area contributed by atoms with E-state index in [2.05, 4.69) is 37.1 Å². The molecule has 3 amide bonds. The maximum atomic E-state index is 12.9. The summed E-state index contributed by atoms with van der Waals surface area (Å²) in [6.07, 6.45) is -2.85. The largest absolute Gasteiger partial charge is 0.493 e. The zero-order chi connectivity index (χ0) is 32.3. The van der Waals surface area contributed by atoms with Crippen LogP contribution in [0.25, 0.3) is 0 Å². The summed E-state index contributed by atoms with van der Waals surface area (Å²) in [5.41, 5.74) is 2.49. The quantitative estimate of drug-likeness (QED) is 0.147. The molecule has 0 aliphatic rings. The van der Waals surface area contributed by atoms with Gasteiger partial charge in [-0.15, -0.1) is 0 Å². The predicted octanol–water partition coefficient (Wildman–Crippen LogP) is 4.32. The summed E-state index contributed by atoms with van der Waals surface area (Å²) >= 11 is 3.31. The molecule has 0 fully saturated rings. The summed E-state index contributed by atoms with van der Waals surface area (Å²) in [5.74, 6) is -1.11. The maximum absolute atomic E-state index is 12.9. The Morgan fingerprint density at radius 3 is 2.32 bits per heavy atom. The second kappa shape index (κ2) is 15.6. The number of amides is 3. The van der Waals surface area contributed by atoms with E-state index in [1.807, 2.05) is 6.07 Å². The molecule has 3 aromatic rings. The molecule has 15 heteroatoms. The highest BCUT2D eigenvalue weighted by Gasteiger charge is 2.30. The first-order valence-electron chi connectivity index (χ1n) is 12.7. The Bertz CT molecular complexity index is 1530. The number of hydrazone groups is 1. The van der Waals surface area contributed by atoms with Gasteiger partial charge in [-0.05, 0) is 75.9 Å². The minimum absolute atomic E-state index is 0.0420. The van der Waals surface area contributed by atoms with Crippen LogP contribution in [0.5, 0.6) is 23.0 Å². The lowest BCUT2D eigenvalue weighted by molar-refractivity contribution is -0.139. The molecule has 3 rings (SSSR count). The van der Waals surface area contributed by atoms with Crippen molar-refractivity contribution in [1.29, 1.82) is 0 Å². The van der Waals surface area contributed by atoms with E-state index in [4.69, 9.17) is 18.9 Å². The molecule has 3 aromatic carbocycles. The predicted molar refractivity (Wildman–Crippen MR) is 158 cm³/mol. The molecule has 0 radical (unpaired) electrons. The molecule has 0 saturated carbocycles. The van der Waals surface area contributed by atoms with Crippen molar-refractivity contribution in [1.82, 2.24) is 10.7 Å². The topological polar surface area (TPSA) is 137 Å². The number of nitrogens with zero attached hydrogens (tertiary/aromatic N) is 1. The molecular weight excluding hydrogens is 653 g/mol. The average Bonchev–Trinajstić information content (AvgIpc) is 2.99. The molecule has 0 saturated heterocycles. The number of ether oxygens (including phenoxy) is 4. The van der Waals surface area contributed by atoms with Gasteiger partial charge >= 0.3 is 18.0 Å². The summed E-state index contributed by atoms with van der Waals surface area (Å²) in [5, 5.41) is 8.64. The zero-order valence-electron chi connectivity index (χ0n) is 23.7. The summed E-state index contributed by atoms with van der Waals surface area (Å²) in [4.78, 5) is 36.6. The Labute approximate surface area is 258 Å². The van der Waals surface area contributed by atoms with Gasteiger partial charge in [0, 0.05) is 12.2 Å². The first-order chi connectivity index (χ1) is 20.9. The van der Waals surface area contributed by atoms with Gasteiger partial charge in [0.15, 0.2) is 29.6 Å². The van der Waals surface area contributed by atoms with Crippen LogP contribution in [0.15, 0.2) is 64.2 Å². The summed E-state index contributed by atoms with van der Waals surface area (Å²) in [6, 6.07) is 12.6. The van der Waals surface area contributed by atoms with Crippen LogP contribution in [0, 0.1) is 0 Å². The van der Waals surface area contributed by atoms with Crippen LogP contribution in [-0.2, 0) is 27.0 Å². The van der Waals surface area contributed by atoms with Crippen LogP contribution in [0.2, 0.25) is 0 Å². The van der Waals surface area contributed by atoms with Crippen molar-refractivity contribution in [2.75, 3.05) is 39.8 Å². The van der Waals surface area contributed by atoms with Crippen molar-refractivity contribution in [3.63, 3.8) is 0 Å². The molecule has 0 aliphatic carbocycles. The van der Waals surface area contributed by atoms with Crippen LogP contribution in [0.1, 0.15) is 16.7 Å². The fourth-order valence-corrected chi connectivity index (χ4v) is 4.29. The number of carbonyl (C=O) groups is 3. The number of benzene rings is 3. The molecule has 3 N–H and O–H groups in total. The highest BCUT2D eigenvalue weighted by atomic mass is 79.9. The molecule has 0 bridgehead atoms. The molecule has 0 atom stereocenters. The molecule has 234 valence electrons. The van der Waals surface area contributed by atoms with Gasteiger partial charge in [-0.2, -0.15) is 18.3 Å². The number of hydrogen-bond acceptors (Lipinski definition) is 8. The number of halogens is 4. The third kappa shape index (κ3) is 9.62. The van der Waals surface area contributed by atoms with Gasteiger partial charge in [-0.3, -0.25) is 14.4 Å². The minimum Gasteiger partial charge on any atom is -0.493 e. The van der Waals surface area contributed by atoms with Crippen LogP contribution < -0.4 is 35.0 Å². The van der Waals surface area contributed by atoms with Crippen molar-refractivity contribution in [2.24, 2.45) is 5.10 Å². The number of nitrogens with one attached hydrogen (secondary N) is 3. The maximum Gasteiger partial charge on any atom is 0.416 e. The van der Waals surface area contributed by atoms with Crippen molar-refractivity contribution < 1.29 is 46.5 Å². The lowest BCUT2D eigenvalue weighted by Crippen LogP contribution is -2.38. The zero-order valence-corrected chi connectivity index (χ0v) is 25.3. The fourth-order valence-electron chi connectivity index (χ4n) is 3.72. The lowest BCUT2D eigenvalue weighted by atomic mass is 10.1. The van der Waals surface area contributed by atoms with Gasteiger partial charge in [-0.1, -0.05) is 12.1 Å². The van der Waals surface area contributed by atoms with E-state index >= 15 is 0 Å². The monoisotopic (exact) mass is 680 g/mol. The molecule has 11 nitrogen and oxygen atoms in total. The van der Waals surface area contributed by atoms with Gasteiger partial charge in [0.05, 0.1) is 37.6 Å². The van der Waals surface area contributed by atoms with E-state index in [0.717, 1.165) is 17.7 Å². The van der Waals surface area contributed by atoms with Crippen LogP contribution >= 0.6 is 15.9 Å². The summed E-state index contributed by atoms with van der Waals surface area (Å²) < 4.78 is 60.4. The van der Waals surface area contributed by atoms with Crippen molar-refractivity contribution in [3.8, 4) is 23.0 Å². The first kappa shape index (κ1) is 33.7. The lowest BCUT2D eigenvalue weighted by Gasteiger charge is -2.14. The molecule has 0 aromatic heterocycles. The third-order valence-corrected chi connectivity index (χ3v) is 6.40. The van der Waals surface area contributed by atoms with Gasteiger partial charge < -0.3 is 29.6 Å². The number of hydrogen-bond donors (Lipinski definition) is 3. The molecule has 0 aliphatic heterocycles. The Kier molecular flexibility index (Phi) is 12.0. The number of alkyl halides is 3. The number of methoxy groups -OCH3 is 3. The van der Waals surface area contributed by atoms with Gasteiger partial charge in [-0.25, -0.2) is 5.43 Å². The number of anilines is 1. The van der Waals surface area contributed by atoms with Crippen molar-refractivity contribution in [2.45, 2.75) is 12.6 Å². The van der Waals surface area contributed by atoms with Crippen molar-refractivity contribution >= 4 is 45.6 Å². The summed E-state index contributed by atoms with van der Waals surface area (Å²) in [6.45, 7) is -0.342. The Balaban J connectivity index is 1.51. The van der Waals surface area contributed by atoms with E-state index in [1.54, 1.807) is 18.2 Å². The highest BCUT2D eigenvalue weighted by molar-refractivity contribution is 9.10. The van der Waals surface area contributed by atoms with E-state index in [-0.39, 0.29) is 23.7 Å². The van der Waals surface area contributed by atoms with Gasteiger partial charge in [0.25, 0.3) is 5.91 Å². The number of carbonyl (C=O) groups excluding carboxylic acids is 3. The Morgan fingerprint density at radius 2 is 1.64 bits per heavy atom. The molecule has 0 unspecified atom stereocenters. The average molecular weight is 681 g/mol. The molecule has 44 heavy (non-hydrogen) atoms. The highest BCUT2D eigenvalue weighted by Crippen LogP contribution is 2.36. The standard InChI is InChI=1S/C29H28BrF3N4O7/c1-41-22-8-7-17(12-23(22)42-2)9-10-34-27(39)28(40)37-35-15-18-11-21(30)26(24(13-18)43-3)44-16-25(38)36-20-6-4-5-19(14-20)29(31,32)33/h4-8,11-15H,9-10,16H2,1-3H3,(H,34,39)(H,36,38)(H,37,40)/b35-15-. The van der Waals surface area contributed by atoms with Crippen LogP contribution in [0.3, 0.4) is 0 Å². The van der Waals surface area contributed by atoms with Crippen LogP contribution in [-0.4, -0.2) is 58.4 Å². The normalized spacial score (nSPS) is 11.1. The molecule has 0 spiro atoms. The second-order valence-electron chi connectivity index (χ2n) is 8.84. The first-order valence-corrected chi connectivity index (χ1v) is 13.5. The van der Waals surface area contributed by atoms with Crippen molar-refractivity contribution in [3.05, 3.63) is 75.8 Å². The van der Waals surface area contributed by atoms with E-state index in [0.29, 0.717) is 28.0 Å². The van der Waals surface area contributed by atoms with E-state index in [9.17, 15) is 27.6 Å². The smallest absolute Gasteiger partial charge is 0.416 e. The summed E-state index contributed by atoms with van der Waals surface area (Å²) in [7, 11) is 4.40. The van der Waals surface area contributed by atoms with E-state index in [1.165, 1.54) is 45.7 Å².